The van der Waals surface area contributed by atoms with Crippen molar-refractivity contribution < 1.29 is 61.4 Å². The summed E-state index contributed by atoms with van der Waals surface area (Å²) < 4.78 is 149. The first-order chi connectivity index (χ1) is 37.6. The minimum absolute atomic E-state index is 0.0211. The van der Waals surface area contributed by atoms with E-state index in [4.69, 9.17) is 9.47 Å². The van der Waals surface area contributed by atoms with Crippen molar-refractivity contribution in [1.29, 1.82) is 0 Å². The molecular weight excluding hydrogens is 1100 g/mol. The average molecular weight is 1140 g/mol. The van der Waals surface area contributed by atoms with E-state index >= 15 is 0 Å². The molecule has 0 spiro atoms. The van der Waals surface area contributed by atoms with E-state index < -0.39 is 55.2 Å². The van der Waals surface area contributed by atoms with Crippen molar-refractivity contribution in [3.05, 3.63) is 152 Å². The van der Waals surface area contributed by atoms with Crippen molar-refractivity contribution in [2.75, 3.05) is 14.2 Å². The number of fused-ring (bicyclic) bond motifs is 7. The summed E-state index contributed by atoms with van der Waals surface area (Å²) in [4.78, 5) is -0.997. The van der Waals surface area contributed by atoms with Crippen molar-refractivity contribution in [3.63, 3.8) is 0 Å². The van der Waals surface area contributed by atoms with Crippen LogP contribution in [0.25, 0.3) is 70.6 Å². The Morgan fingerprint density at radius 2 is 1.05 bits per heavy atom. The van der Waals surface area contributed by atoms with E-state index in [1.54, 1.807) is 84.9 Å². The number of rotatable bonds is 13. The van der Waals surface area contributed by atoms with Crippen molar-refractivity contribution in [2.24, 2.45) is 30.7 Å². The van der Waals surface area contributed by atoms with E-state index in [1.165, 1.54) is 73.6 Å². The van der Waals surface area contributed by atoms with Gasteiger partial charge in [-0.1, -0.05) is 60.7 Å². The Hall–Kier alpha value is -9.06. The molecule has 23 nitrogen and oxygen atoms in total. The summed E-state index contributed by atoms with van der Waals surface area (Å²) in [5, 5.41) is 39.7. The molecule has 0 aliphatic rings. The molecule has 1 heterocycles. The number of hydrogen-bond donors (Lipinski definition) is 4. The summed E-state index contributed by atoms with van der Waals surface area (Å²) in [5.74, 6) is 0.545. The third-order valence-corrected chi connectivity index (χ3v) is 16.2. The minimum Gasteiger partial charge on any atom is -0.494 e. The maximum absolute atomic E-state index is 12.4. The Morgan fingerprint density at radius 3 is 1.77 bits per heavy atom. The van der Waals surface area contributed by atoms with Gasteiger partial charge in [-0.25, -0.2) is 0 Å². The van der Waals surface area contributed by atoms with E-state index in [2.05, 4.69) is 40.9 Å². The smallest absolute Gasteiger partial charge is 0.295 e. The van der Waals surface area contributed by atoms with Crippen LogP contribution in [0.15, 0.2) is 202 Å². The molecule has 0 saturated carbocycles. The second kappa shape index (κ2) is 19.4. The summed E-state index contributed by atoms with van der Waals surface area (Å²) in [6.07, 6.45) is 0. The summed E-state index contributed by atoms with van der Waals surface area (Å²) in [5.41, 5.74) is 2.40. The Morgan fingerprint density at radius 1 is 0.418 bits per heavy atom. The minimum atomic E-state index is -4.95. The van der Waals surface area contributed by atoms with Crippen LogP contribution in [0.3, 0.4) is 0 Å². The van der Waals surface area contributed by atoms with Crippen LogP contribution in [-0.4, -0.2) is 81.1 Å². The molecule has 0 fully saturated rings. The molecule has 0 amide bonds. The van der Waals surface area contributed by atoms with Crippen LogP contribution in [0.1, 0.15) is 0 Å². The van der Waals surface area contributed by atoms with E-state index in [1.807, 2.05) is 0 Å². The van der Waals surface area contributed by atoms with Crippen LogP contribution in [0.2, 0.25) is 0 Å². The fourth-order valence-corrected chi connectivity index (χ4v) is 11.6. The van der Waals surface area contributed by atoms with E-state index in [0.717, 1.165) is 6.07 Å². The van der Waals surface area contributed by atoms with Crippen LogP contribution in [0.4, 0.5) is 34.1 Å². The lowest BCUT2D eigenvalue weighted by Crippen LogP contribution is -2.04. The first-order valence-electron chi connectivity index (χ1n) is 22.9. The normalized spacial score (nSPS) is 12.9. The van der Waals surface area contributed by atoms with Crippen LogP contribution >= 0.6 is 0 Å². The zero-order valence-corrected chi connectivity index (χ0v) is 43.7. The molecule has 11 rings (SSSR count). The molecule has 0 radical (unpaired) electrons. The van der Waals surface area contributed by atoms with E-state index in [0.29, 0.717) is 61.1 Å². The van der Waals surface area contributed by atoms with Crippen LogP contribution < -0.4 is 9.47 Å². The van der Waals surface area contributed by atoms with Gasteiger partial charge < -0.3 is 9.47 Å². The molecule has 0 atom stereocenters. The van der Waals surface area contributed by atoms with Gasteiger partial charge in [-0.05, 0) is 95.7 Å². The van der Waals surface area contributed by atoms with Crippen LogP contribution in [0, 0.1) is 0 Å². The van der Waals surface area contributed by atoms with Gasteiger partial charge in [0.15, 0.2) is 5.75 Å². The van der Waals surface area contributed by atoms with Crippen LogP contribution in [0.5, 0.6) is 11.5 Å². The van der Waals surface area contributed by atoms with Gasteiger partial charge in [0.2, 0.25) is 0 Å². The number of aromatic nitrogens is 3. The second-order valence-corrected chi connectivity index (χ2v) is 23.1. The quantitative estimate of drug-likeness (QED) is 0.0615. The maximum atomic E-state index is 12.4. The Bertz CT molecular complexity index is 5020. The van der Waals surface area contributed by atoms with Gasteiger partial charge in [-0.15, -0.1) is 35.8 Å². The SMILES string of the molecule is COc1cc(N=Nc2ccc3cccc(S(=O)(=O)O)c3c2)c2ccccc2c1N=Nc1ccc(N=Nc2ccc3cc(-n4nc5ccc6c(S(=O)(=O)O)cc(S(=O)(=O)O)cc6c5n4)ccc3c2OC)c2cc(S(=O)(=O)O)ccc12. The molecule has 396 valence electrons. The van der Waals surface area contributed by atoms with Gasteiger partial charge in [0.25, 0.3) is 40.5 Å². The fraction of sp³-hybridized carbons (Fsp3) is 0.0385. The standard InChI is InChI=1S/C52H35N9O14S4/c1-74-47-27-46(57-53-30-12-10-28-6-5-9-48(39(28)23-30)78(68,69)70)35-7-3-4-8-38(35)51(47)58-55-42-20-21-43(40-24-32(76(62,63)64)14-16-36(40)42)54-56-45-18-11-29-22-31(13-15-34(29)52(45)75-2)61-59-44-19-17-37-41(50(44)60-61)25-33(77(65,66)67)26-49(37)79(71,72)73/h3-27H,1-2H3,(H,62,63,64)(H,65,66,67)(H,68,69,70)(H,71,72,73). The molecule has 0 aliphatic heterocycles. The summed E-state index contributed by atoms with van der Waals surface area (Å²) in [6, 6.07) is 37.9. The zero-order chi connectivity index (χ0) is 55.8. The molecule has 1 aromatic heterocycles. The lowest BCUT2D eigenvalue weighted by atomic mass is 10.1. The highest BCUT2D eigenvalue weighted by atomic mass is 32.2. The average Bonchev–Trinajstić information content (AvgIpc) is 4.09. The lowest BCUT2D eigenvalue weighted by molar-refractivity contribution is 0.416. The predicted octanol–water partition coefficient (Wildman–Crippen LogP) is 12.4. The van der Waals surface area contributed by atoms with Crippen molar-refractivity contribution in [3.8, 4) is 17.2 Å². The number of azo groups is 3. The number of benzene rings is 10. The lowest BCUT2D eigenvalue weighted by Gasteiger charge is -2.11. The molecule has 4 N–H and O–H groups in total. The highest BCUT2D eigenvalue weighted by molar-refractivity contribution is 7.87. The molecule has 11 aromatic rings. The van der Waals surface area contributed by atoms with Gasteiger partial charge >= 0.3 is 0 Å². The highest BCUT2D eigenvalue weighted by Gasteiger charge is 2.24. The molecule has 0 aliphatic carbocycles. The second-order valence-electron chi connectivity index (χ2n) is 17.4. The molecule has 27 heteroatoms. The zero-order valence-electron chi connectivity index (χ0n) is 40.5. The Labute approximate surface area is 446 Å². The Kier molecular flexibility index (Phi) is 12.8. The topological polar surface area (TPSA) is 341 Å². The Balaban J connectivity index is 0.930. The molecule has 0 bridgehead atoms. The van der Waals surface area contributed by atoms with Gasteiger partial charge in [0, 0.05) is 49.2 Å². The third kappa shape index (κ3) is 9.87. The molecule has 0 saturated heterocycles. The molecule has 0 unspecified atom stereocenters. The predicted molar refractivity (Wildman–Crippen MR) is 291 cm³/mol. The summed E-state index contributed by atoms with van der Waals surface area (Å²) in [7, 11) is -16.2. The van der Waals surface area contributed by atoms with E-state index in [-0.39, 0.29) is 66.0 Å². The van der Waals surface area contributed by atoms with Crippen molar-refractivity contribution in [1.82, 2.24) is 15.0 Å². The summed E-state index contributed by atoms with van der Waals surface area (Å²) >= 11 is 0. The van der Waals surface area contributed by atoms with Gasteiger partial charge in [0.1, 0.15) is 37.9 Å². The first-order valence-corrected chi connectivity index (χ1v) is 28.6. The monoisotopic (exact) mass is 1140 g/mol. The molecule has 10 aromatic carbocycles. The van der Waals surface area contributed by atoms with Gasteiger partial charge in [-0.3, -0.25) is 18.2 Å². The largest absolute Gasteiger partial charge is 0.494 e. The van der Waals surface area contributed by atoms with Gasteiger partial charge in [-0.2, -0.15) is 43.6 Å². The third-order valence-electron chi connectivity index (χ3n) is 12.7. The molecular formula is C52H35N9O14S4. The number of ether oxygens (including phenoxy) is 2. The van der Waals surface area contributed by atoms with Crippen LogP contribution in [-0.2, 0) is 40.5 Å². The fourth-order valence-electron chi connectivity index (χ4n) is 9.06. The van der Waals surface area contributed by atoms with Crippen molar-refractivity contribution >= 4 is 139 Å². The first kappa shape index (κ1) is 52.0. The van der Waals surface area contributed by atoms with E-state index in [9.17, 15) is 51.9 Å². The highest BCUT2D eigenvalue weighted by Crippen LogP contribution is 2.45. The number of methoxy groups -OCH3 is 2. The molecule has 79 heavy (non-hydrogen) atoms. The maximum Gasteiger partial charge on any atom is 0.295 e. The number of nitrogens with zero attached hydrogens (tertiary/aromatic N) is 9. The van der Waals surface area contributed by atoms with Crippen molar-refractivity contribution in [2.45, 2.75) is 19.6 Å². The summed E-state index contributed by atoms with van der Waals surface area (Å²) in [6.45, 7) is 0. The van der Waals surface area contributed by atoms with Gasteiger partial charge in [0.05, 0.1) is 52.4 Å². The number of hydrogen-bond acceptors (Lipinski definition) is 18.